The summed E-state index contributed by atoms with van der Waals surface area (Å²) in [6, 6.07) is 9.99. The van der Waals surface area contributed by atoms with Gasteiger partial charge in [-0.2, -0.15) is 0 Å². The number of benzene rings is 1. The summed E-state index contributed by atoms with van der Waals surface area (Å²) in [5, 5.41) is 2.04. The molecule has 0 unspecified atom stereocenters. The summed E-state index contributed by atoms with van der Waals surface area (Å²) in [5.41, 5.74) is 2.98. The molecule has 0 aliphatic carbocycles. The van der Waals surface area contributed by atoms with Crippen molar-refractivity contribution in [1.82, 2.24) is 15.0 Å². The molecular formula is C18H15N3OS. The number of pyridine rings is 1. The third-order valence-electron chi connectivity index (χ3n) is 3.96. The first-order valence-electron chi connectivity index (χ1n) is 7.38. The Hall–Kier alpha value is -2.53. The molecule has 3 aromatic heterocycles. The zero-order chi connectivity index (χ0) is 16.0. The average Bonchev–Trinajstić information content (AvgIpc) is 2.84. The molecule has 23 heavy (non-hydrogen) atoms. The predicted molar refractivity (Wildman–Crippen MR) is 93.4 cm³/mol. The summed E-state index contributed by atoms with van der Waals surface area (Å²) in [6.45, 7) is 6.15. The Balaban J connectivity index is 1.90. The molecule has 4 rings (SSSR count). The van der Waals surface area contributed by atoms with Crippen molar-refractivity contribution >= 4 is 32.5 Å². The molecule has 0 aliphatic rings. The number of fused-ring (bicyclic) bond motifs is 2. The van der Waals surface area contributed by atoms with E-state index in [9.17, 15) is 0 Å². The SMILES string of the molecule is Cc1ccc2cccc(Oc3ncnc4sc(C)c(C)c34)c2n1. The third-order valence-corrected chi connectivity index (χ3v) is 5.07. The van der Waals surface area contributed by atoms with E-state index in [0.29, 0.717) is 5.88 Å². The lowest BCUT2D eigenvalue weighted by Crippen LogP contribution is -1.93. The van der Waals surface area contributed by atoms with E-state index < -0.39 is 0 Å². The molecule has 1 aromatic carbocycles. The van der Waals surface area contributed by atoms with Crippen molar-refractivity contribution in [2.24, 2.45) is 0 Å². The number of hydrogen-bond donors (Lipinski definition) is 0. The van der Waals surface area contributed by atoms with E-state index >= 15 is 0 Å². The Labute approximate surface area is 137 Å². The van der Waals surface area contributed by atoms with Gasteiger partial charge in [-0.3, -0.25) is 0 Å². The lowest BCUT2D eigenvalue weighted by Gasteiger charge is -2.09. The average molecular weight is 321 g/mol. The van der Waals surface area contributed by atoms with Gasteiger partial charge in [0.05, 0.1) is 5.39 Å². The minimum absolute atomic E-state index is 0.590. The van der Waals surface area contributed by atoms with Gasteiger partial charge in [0.1, 0.15) is 16.7 Å². The van der Waals surface area contributed by atoms with Crippen molar-refractivity contribution in [3.8, 4) is 11.6 Å². The van der Waals surface area contributed by atoms with Crippen LogP contribution in [0.5, 0.6) is 11.6 Å². The van der Waals surface area contributed by atoms with E-state index in [1.165, 1.54) is 10.4 Å². The van der Waals surface area contributed by atoms with Gasteiger partial charge in [0.25, 0.3) is 0 Å². The first-order valence-corrected chi connectivity index (χ1v) is 8.20. The molecule has 4 nitrogen and oxygen atoms in total. The smallest absolute Gasteiger partial charge is 0.231 e. The van der Waals surface area contributed by atoms with E-state index in [2.05, 4.69) is 34.9 Å². The fourth-order valence-electron chi connectivity index (χ4n) is 2.63. The van der Waals surface area contributed by atoms with E-state index in [1.807, 2.05) is 31.2 Å². The van der Waals surface area contributed by atoms with Crippen LogP contribution in [0.15, 0.2) is 36.7 Å². The number of ether oxygens (including phenoxy) is 1. The van der Waals surface area contributed by atoms with Gasteiger partial charge in [-0.25, -0.2) is 15.0 Å². The normalized spacial score (nSPS) is 11.3. The molecule has 0 amide bonds. The van der Waals surface area contributed by atoms with Crippen LogP contribution in [0.2, 0.25) is 0 Å². The summed E-state index contributed by atoms with van der Waals surface area (Å²) in [7, 11) is 0. The fourth-order valence-corrected chi connectivity index (χ4v) is 3.62. The molecule has 5 heteroatoms. The minimum Gasteiger partial charge on any atom is -0.436 e. The van der Waals surface area contributed by atoms with Crippen LogP contribution >= 0.6 is 11.3 Å². The van der Waals surface area contributed by atoms with Crippen molar-refractivity contribution in [2.75, 3.05) is 0 Å². The molecular weight excluding hydrogens is 306 g/mol. The van der Waals surface area contributed by atoms with Gasteiger partial charge in [-0.05, 0) is 38.5 Å². The number of aryl methyl sites for hydroxylation is 3. The molecule has 0 N–H and O–H groups in total. The highest BCUT2D eigenvalue weighted by Crippen LogP contribution is 2.37. The standard InChI is InChI=1S/C18H15N3OS/c1-10-7-8-13-5-4-6-14(16(13)21-10)22-17-15-11(2)12(3)23-18(15)20-9-19-17/h4-9H,1-3H3. The second kappa shape index (κ2) is 5.28. The second-order valence-corrected chi connectivity index (χ2v) is 6.73. The summed E-state index contributed by atoms with van der Waals surface area (Å²) in [5.74, 6) is 1.31. The highest BCUT2D eigenvalue weighted by Gasteiger charge is 2.15. The molecule has 0 spiro atoms. The van der Waals surface area contributed by atoms with Crippen LogP contribution in [0.4, 0.5) is 0 Å². The highest BCUT2D eigenvalue weighted by atomic mass is 32.1. The van der Waals surface area contributed by atoms with Crippen LogP contribution in [-0.2, 0) is 0 Å². The quantitative estimate of drug-likeness (QED) is 0.524. The zero-order valence-corrected chi connectivity index (χ0v) is 13.9. The molecule has 3 heterocycles. The van der Waals surface area contributed by atoms with Gasteiger partial charge in [-0.15, -0.1) is 11.3 Å². The number of hydrogen-bond acceptors (Lipinski definition) is 5. The molecule has 0 radical (unpaired) electrons. The molecule has 0 atom stereocenters. The van der Waals surface area contributed by atoms with Crippen molar-refractivity contribution in [2.45, 2.75) is 20.8 Å². The van der Waals surface area contributed by atoms with E-state index in [-0.39, 0.29) is 0 Å². The topological polar surface area (TPSA) is 47.9 Å². The summed E-state index contributed by atoms with van der Waals surface area (Å²) < 4.78 is 6.15. The van der Waals surface area contributed by atoms with Gasteiger partial charge in [-0.1, -0.05) is 18.2 Å². The van der Waals surface area contributed by atoms with Crippen LogP contribution in [-0.4, -0.2) is 15.0 Å². The lowest BCUT2D eigenvalue weighted by atomic mass is 10.2. The van der Waals surface area contributed by atoms with Crippen LogP contribution in [0.25, 0.3) is 21.1 Å². The van der Waals surface area contributed by atoms with Gasteiger partial charge in [0.15, 0.2) is 5.75 Å². The van der Waals surface area contributed by atoms with Crippen LogP contribution in [0.1, 0.15) is 16.1 Å². The summed E-state index contributed by atoms with van der Waals surface area (Å²) in [6.07, 6.45) is 1.55. The maximum Gasteiger partial charge on any atom is 0.231 e. The number of thiophene rings is 1. The van der Waals surface area contributed by atoms with Crippen molar-refractivity contribution < 1.29 is 4.74 Å². The molecule has 0 bridgehead atoms. The monoisotopic (exact) mass is 321 g/mol. The van der Waals surface area contributed by atoms with Crippen molar-refractivity contribution in [3.05, 3.63) is 52.8 Å². The van der Waals surface area contributed by atoms with Crippen LogP contribution in [0, 0.1) is 20.8 Å². The van der Waals surface area contributed by atoms with E-state index in [0.717, 1.165) is 32.6 Å². The summed E-state index contributed by atoms with van der Waals surface area (Å²) in [4.78, 5) is 15.5. The van der Waals surface area contributed by atoms with Gasteiger partial charge in [0.2, 0.25) is 5.88 Å². The molecule has 0 aliphatic heterocycles. The molecule has 4 aromatic rings. The van der Waals surface area contributed by atoms with Crippen molar-refractivity contribution in [3.63, 3.8) is 0 Å². The fraction of sp³-hybridized carbons (Fsp3) is 0.167. The highest BCUT2D eigenvalue weighted by molar-refractivity contribution is 7.18. The first kappa shape index (κ1) is 14.1. The van der Waals surface area contributed by atoms with Crippen LogP contribution < -0.4 is 4.74 Å². The molecule has 114 valence electrons. The maximum absolute atomic E-state index is 6.15. The van der Waals surface area contributed by atoms with Gasteiger partial charge < -0.3 is 4.74 Å². The van der Waals surface area contributed by atoms with Crippen molar-refractivity contribution in [1.29, 1.82) is 0 Å². The lowest BCUT2D eigenvalue weighted by molar-refractivity contribution is 0.472. The Morgan fingerprint density at radius 1 is 1.00 bits per heavy atom. The predicted octanol–water partition coefficient (Wildman–Crippen LogP) is 4.96. The maximum atomic E-state index is 6.15. The molecule has 0 saturated carbocycles. The molecule has 0 fully saturated rings. The summed E-state index contributed by atoms with van der Waals surface area (Å²) >= 11 is 1.66. The zero-order valence-electron chi connectivity index (χ0n) is 13.1. The van der Waals surface area contributed by atoms with Crippen LogP contribution in [0.3, 0.4) is 0 Å². The second-order valence-electron chi connectivity index (χ2n) is 5.52. The Morgan fingerprint density at radius 3 is 2.74 bits per heavy atom. The number of aromatic nitrogens is 3. The Morgan fingerprint density at radius 2 is 1.87 bits per heavy atom. The third kappa shape index (κ3) is 2.33. The minimum atomic E-state index is 0.590. The number of para-hydroxylation sites is 1. The number of rotatable bonds is 2. The Kier molecular flexibility index (Phi) is 3.23. The molecule has 0 saturated heterocycles. The largest absolute Gasteiger partial charge is 0.436 e. The van der Waals surface area contributed by atoms with Gasteiger partial charge >= 0.3 is 0 Å². The Bertz CT molecular complexity index is 1040. The number of nitrogens with zero attached hydrogens (tertiary/aromatic N) is 3. The van der Waals surface area contributed by atoms with Gasteiger partial charge in [0, 0.05) is 16.0 Å². The van der Waals surface area contributed by atoms with E-state index in [4.69, 9.17) is 4.74 Å². The first-order chi connectivity index (χ1) is 11.1. The van der Waals surface area contributed by atoms with E-state index in [1.54, 1.807) is 17.7 Å².